The summed E-state index contributed by atoms with van der Waals surface area (Å²) < 4.78 is 0. The Bertz CT molecular complexity index is 271. The summed E-state index contributed by atoms with van der Waals surface area (Å²) in [4.78, 5) is 9.02. The molecule has 0 aromatic heterocycles. The number of thioether (sulfide) groups is 1. The van der Waals surface area contributed by atoms with E-state index in [1.165, 1.54) is 24.3 Å². The van der Waals surface area contributed by atoms with Crippen molar-refractivity contribution in [1.29, 1.82) is 0 Å². The maximum atomic E-state index is 6.02. The lowest BCUT2D eigenvalue weighted by Gasteiger charge is -2.42. The van der Waals surface area contributed by atoms with Crippen molar-refractivity contribution in [3.63, 3.8) is 0 Å². The summed E-state index contributed by atoms with van der Waals surface area (Å²) in [6.07, 6.45) is 2.46. The molecule has 2 aliphatic rings. The average Bonchev–Trinajstić information content (AvgIpc) is 2.55. The van der Waals surface area contributed by atoms with Crippen LogP contribution in [-0.2, 0) is 0 Å². The first-order valence-electron chi connectivity index (χ1n) is 5.94. The maximum absolute atomic E-state index is 6.02. The van der Waals surface area contributed by atoms with Gasteiger partial charge in [0.15, 0.2) is 5.96 Å². The van der Waals surface area contributed by atoms with Gasteiger partial charge in [-0.1, -0.05) is 0 Å². The zero-order valence-corrected chi connectivity index (χ0v) is 11.1. The van der Waals surface area contributed by atoms with Crippen molar-refractivity contribution >= 4 is 17.7 Å². The van der Waals surface area contributed by atoms with Crippen molar-refractivity contribution in [2.24, 2.45) is 10.7 Å². The molecule has 0 radical (unpaired) electrons. The number of rotatable bonds is 3. The van der Waals surface area contributed by atoms with E-state index in [0.29, 0.717) is 0 Å². The molecule has 0 aromatic rings. The maximum Gasteiger partial charge on any atom is 0.191 e. The van der Waals surface area contributed by atoms with Crippen LogP contribution in [0.3, 0.4) is 0 Å². The summed E-state index contributed by atoms with van der Waals surface area (Å²) in [7, 11) is 4.21. The van der Waals surface area contributed by atoms with Crippen molar-refractivity contribution in [3.05, 3.63) is 0 Å². The average molecular weight is 242 g/mol. The van der Waals surface area contributed by atoms with Crippen LogP contribution in [0.2, 0.25) is 0 Å². The van der Waals surface area contributed by atoms with Crippen molar-refractivity contribution in [3.8, 4) is 0 Å². The monoisotopic (exact) mass is 242 g/mol. The summed E-state index contributed by atoms with van der Waals surface area (Å²) in [6.45, 7) is 2.96. The second kappa shape index (κ2) is 4.84. The van der Waals surface area contributed by atoms with E-state index in [2.05, 4.69) is 40.6 Å². The van der Waals surface area contributed by atoms with E-state index in [9.17, 15) is 0 Å². The van der Waals surface area contributed by atoms with E-state index in [1.807, 2.05) is 0 Å². The Labute approximate surface area is 102 Å². The predicted octanol–water partition coefficient (Wildman–Crippen LogP) is 0.444. The molecule has 0 amide bonds. The third kappa shape index (κ3) is 2.30. The summed E-state index contributed by atoms with van der Waals surface area (Å²) >= 11 is 2.05. The number of nitrogens with two attached hydrogens (primary N) is 1. The molecule has 4 nitrogen and oxygen atoms in total. The SMILES string of the molecule is CN(C)CCN1C(N)=NCC12CCSCC2. The molecule has 1 spiro atoms. The van der Waals surface area contributed by atoms with Crippen molar-refractivity contribution < 1.29 is 0 Å². The van der Waals surface area contributed by atoms with Gasteiger partial charge in [-0.2, -0.15) is 11.8 Å². The molecule has 92 valence electrons. The van der Waals surface area contributed by atoms with Crippen LogP contribution in [0.15, 0.2) is 4.99 Å². The Morgan fingerprint density at radius 3 is 2.75 bits per heavy atom. The molecule has 1 fully saturated rings. The number of hydrogen-bond acceptors (Lipinski definition) is 5. The Balaban J connectivity index is 2.02. The van der Waals surface area contributed by atoms with Crippen LogP contribution in [-0.4, -0.2) is 66.5 Å². The smallest absolute Gasteiger partial charge is 0.191 e. The van der Waals surface area contributed by atoms with Crippen LogP contribution in [0.5, 0.6) is 0 Å². The second-order valence-electron chi connectivity index (χ2n) is 4.97. The van der Waals surface area contributed by atoms with Crippen LogP contribution in [0.25, 0.3) is 0 Å². The first-order chi connectivity index (χ1) is 7.64. The molecule has 0 atom stereocenters. The molecule has 2 N–H and O–H groups in total. The fourth-order valence-corrected chi connectivity index (χ4v) is 3.73. The minimum atomic E-state index is 0.255. The normalized spacial score (nSPS) is 24.2. The van der Waals surface area contributed by atoms with Crippen molar-refractivity contribution in [2.75, 3.05) is 45.2 Å². The van der Waals surface area contributed by atoms with Gasteiger partial charge in [0.2, 0.25) is 0 Å². The van der Waals surface area contributed by atoms with Crippen LogP contribution < -0.4 is 5.73 Å². The molecule has 0 bridgehead atoms. The summed E-state index contributed by atoms with van der Waals surface area (Å²) in [6, 6.07) is 0. The van der Waals surface area contributed by atoms with Gasteiger partial charge < -0.3 is 15.5 Å². The number of aliphatic imine (C=N–C) groups is 1. The topological polar surface area (TPSA) is 44.9 Å². The zero-order valence-electron chi connectivity index (χ0n) is 10.3. The highest BCUT2D eigenvalue weighted by Gasteiger charge is 2.42. The van der Waals surface area contributed by atoms with Gasteiger partial charge in [0.25, 0.3) is 0 Å². The summed E-state index contributed by atoms with van der Waals surface area (Å²) in [5, 5.41) is 0. The van der Waals surface area contributed by atoms with Gasteiger partial charge in [-0.3, -0.25) is 4.99 Å². The minimum absolute atomic E-state index is 0.255. The van der Waals surface area contributed by atoms with E-state index in [1.54, 1.807) is 0 Å². The minimum Gasteiger partial charge on any atom is -0.370 e. The Morgan fingerprint density at radius 2 is 2.12 bits per heavy atom. The fraction of sp³-hybridized carbons (Fsp3) is 0.909. The Hall–Kier alpha value is -0.420. The third-order valence-electron chi connectivity index (χ3n) is 3.58. The number of likely N-dealkylation sites (N-methyl/N-ethyl adjacent to an activating group) is 1. The number of guanidine groups is 1. The van der Waals surface area contributed by atoms with Crippen LogP contribution in [0.4, 0.5) is 0 Å². The molecule has 0 aliphatic carbocycles. The highest BCUT2D eigenvalue weighted by Crippen LogP contribution is 2.35. The number of hydrogen-bond donors (Lipinski definition) is 1. The van der Waals surface area contributed by atoms with Gasteiger partial charge in [0, 0.05) is 13.1 Å². The highest BCUT2D eigenvalue weighted by molar-refractivity contribution is 7.99. The Morgan fingerprint density at radius 1 is 1.44 bits per heavy atom. The first-order valence-corrected chi connectivity index (χ1v) is 7.10. The van der Waals surface area contributed by atoms with Gasteiger partial charge >= 0.3 is 0 Å². The molecule has 0 aromatic carbocycles. The van der Waals surface area contributed by atoms with Gasteiger partial charge in [-0.25, -0.2) is 0 Å². The molecule has 1 saturated heterocycles. The fourth-order valence-electron chi connectivity index (χ4n) is 2.47. The molecular weight excluding hydrogens is 220 g/mol. The second-order valence-corrected chi connectivity index (χ2v) is 6.19. The molecule has 2 heterocycles. The summed E-state index contributed by atoms with van der Waals surface area (Å²) in [5.41, 5.74) is 6.28. The van der Waals surface area contributed by atoms with E-state index in [4.69, 9.17) is 5.73 Å². The van der Waals surface area contributed by atoms with E-state index >= 15 is 0 Å². The zero-order chi connectivity index (χ0) is 11.6. The van der Waals surface area contributed by atoms with Gasteiger partial charge in [0.05, 0.1) is 12.1 Å². The first kappa shape index (κ1) is 12.0. The van der Waals surface area contributed by atoms with Crippen molar-refractivity contribution in [1.82, 2.24) is 9.80 Å². The van der Waals surface area contributed by atoms with Crippen LogP contribution >= 0.6 is 11.8 Å². The van der Waals surface area contributed by atoms with Crippen LogP contribution in [0, 0.1) is 0 Å². The lowest BCUT2D eigenvalue weighted by molar-refractivity contribution is 0.172. The third-order valence-corrected chi connectivity index (χ3v) is 4.56. The van der Waals surface area contributed by atoms with Gasteiger partial charge in [-0.05, 0) is 38.4 Å². The van der Waals surface area contributed by atoms with E-state index in [0.717, 1.165) is 25.6 Å². The summed E-state index contributed by atoms with van der Waals surface area (Å²) in [5.74, 6) is 3.26. The molecule has 2 rings (SSSR count). The largest absolute Gasteiger partial charge is 0.370 e. The predicted molar refractivity (Wildman–Crippen MR) is 71.0 cm³/mol. The van der Waals surface area contributed by atoms with E-state index in [-0.39, 0.29) is 5.54 Å². The highest BCUT2D eigenvalue weighted by atomic mass is 32.2. The van der Waals surface area contributed by atoms with E-state index < -0.39 is 0 Å². The lowest BCUT2D eigenvalue weighted by atomic mass is 9.91. The van der Waals surface area contributed by atoms with Gasteiger partial charge in [0.1, 0.15) is 0 Å². The Kier molecular flexibility index (Phi) is 3.64. The standard InChI is InChI=1S/C11H22N4S/c1-14(2)5-6-15-10(12)13-9-11(15)3-7-16-8-4-11/h3-9H2,1-2H3,(H2,12,13). The van der Waals surface area contributed by atoms with Crippen LogP contribution in [0.1, 0.15) is 12.8 Å². The van der Waals surface area contributed by atoms with Crippen molar-refractivity contribution in [2.45, 2.75) is 18.4 Å². The molecular formula is C11H22N4S. The lowest BCUT2D eigenvalue weighted by Crippen LogP contribution is -2.55. The molecule has 5 heteroatoms. The molecule has 0 saturated carbocycles. The quantitative estimate of drug-likeness (QED) is 0.780. The van der Waals surface area contributed by atoms with Gasteiger partial charge in [-0.15, -0.1) is 0 Å². The molecule has 2 aliphatic heterocycles. The molecule has 16 heavy (non-hydrogen) atoms. The number of nitrogens with zero attached hydrogens (tertiary/aromatic N) is 3. The molecule has 0 unspecified atom stereocenters.